The summed E-state index contributed by atoms with van der Waals surface area (Å²) < 4.78 is 56.3. The molecule has 0 unspecified atom stereocenters. The summed E-state index contributed by atoms with van der Waals surface area (Å²) in [6.07, 6.45) is 0.929. The standard InChI is InChI=1S/C21H23F2N5O2S2/c1-13-7-20(32(29,30)27-21-11-31-12-25-21)16(23)9-18(13)26-17-4-3-14(22)8-19(17)28-6-5-15(10-28)24-2/h3-4,7-9,11-12,15,24,26-27H,5-6,10H2,1-2H3/t15-/m1/s1. The van der Waals surface area contributed by atoms with Crippen molar-refractivity contribution in [3.63, 3.8) is 0 Å². The van der Waals surface area contributed by atoms with Crippen LogP contribution in [0.25, 0.3) is 0 Å². The van der Waals surface area contributed by atoms with Gasteiger partial charge in [-0.15, -0.1) is 11.3 Å². The van der Waals surface area contributed by atoms with Gasteiger partial charge >= 0.3 is 0 Å². The molecule has 0 saturated carbocycles. The highest BCUT2D eigenvalue weighted by atomic mass is 32.2. The molecule has 4 rings (SSSR count). The van der Waals surface area contributed by atoms with Crippen molar-refractivity contribution < 1.29 is 17.2 Å². The van der Waals surface area contributed by atoms with Gasteiger partial charge in [0.1, 0.15) is 16.5 Å². The van der Waals surface area contributed by atoms with Crippen molar-refractivity contribution >= 4 is 44.2 Å². The highest BCUT2D eigenvalue weighted by Gasteiger charge is 2.25. The van der Waals surface area contributed by atoms with E-state index in [1.54, 1.807) is 13.0 Å². The molecule has 0 amide bonds. The first-order valence-corrected chi connectivity index (χ1v) is 12.4. The fourth-order valence-corrected chi connectivity index (χ4v) is 5.39. The minimum absolute atomic E-state index is 0.135. The number of thiazole rings is 1. The van der Waals surface area contributed by atoms with Crippen LogP contribution in [0.3, 0.4) is 0 Å². The van der Waals surface area contributed by atoms with E-state index in [9.17, 15) is 17.2 Å². The zero-order valence-electron chi connectivity index (χ0n) is 17.5. The number of sulfonamides is 1. The van der Waals surface area contributed by atoms with Crippen LogP contribution in [0.15, 0.2) is 46.1 Å². The maximum Gasteiger partial charge on any atom is 0.266 e. The molecular formula is C21H23F2N5O2S2. The topological polar surface area (TPSA) is 86.4 Å². The van der Waals surface area contributed by atoms with Gasteiger partial charge < -0.3 is 15.5 Å². The van der Waals surface area contributed by atoms with Crippen molar-refractivity contribution in [2.45, 2.75) is 24.3 Å². The van der Waals surface area contributed by atoms with Gasteiger partial charge in [-0.1, -0.05) is 0 Å². The van der Waals surface area contributed by atoms with Crippen molar-refractivity contribution in [1.29, 1.82) is 0 Å². The summed E-state index contributed by atoms with van der Waals surface area (Å²) in [7, 11) is -2.24. The average Bonchev–Trinajstić information content (AvgIpc) is 3.43. The first-order chi connectivity index (χ1) is 15.3. The van der Waals surface area contributed by atoms with Gasteiger partial charge in [0.2, 0.25) is 0 Å². The van der Waals surface area contributed by atoms with Gasteiger partial charge in [-0.2, -0.15) is 0 Å². The van der Waals surface area contributed by atoms with Crippen LogP contribution < -0.4 is 20.3 Å². The number of hydrogen-bond acceptors (Lipinski definition) is 7. The van der Waals surface area contributed by atoms with Crippen molar-refractivity contribution in [2.75, 3.05) is 35.1 Å². The molecule has 11 heteroatoms. The molecule has 32 heavy (non-hydrogen) atoms. The molecule has 1 aliphatic rings. The summed E-state index contributed by atoms with van der Waals surface area (Å²) >= 11 is 1.22. The van der Waals surface area contributed by atoms with E-state index >= 15 is 0 Å². The Bertz CT molecular complexity index is 1220. The van der Waals surface area contributed by atoms with Crippen LogP contribution in [-0.4, -0.2) is 39.6 Å². The molecule has 0 aliphatic carbocycles. The van der Waals surface area contributed by atoms with Crippen LogP contribution >= 0.6 is 11.3 Å². The number of benzene rings is 2. The van der Waals surface area contributed by atoms with Crippen LogP contribution in [0.5, 0.6) is 0 Å². The highest BCUT2D eigenvalue weighted by molar-refractivity contribution is 7.92. The lowest BCUT2D eigenvalue weighted by atomic mass is 10.1. The minimum atomic E-state index is -4.14. The van der Waals surface area contributed by atoms with Gasteiger partial charge in [-0.05, 0) is 56.3 Å². The number of nitrogens with zero attached hydrogens (tertiary/aromatic N) is 2. The van der Waals surface area contributed by atoms with Gasteiger partial charge in [0.15, 0.2) is 5.82 Å². The van der Waals surface area contributed by atoms with E-state index in [1.165, 1.54) is 40.4 Å². The van der Waals surface area contributed by atoms with E-state index in [1.807, 2.05) is 7.05 Å². The number of nitrogens with one attached hydrogen (secondary N) is 3. The van der Waals surface area contributed by atoms with E-state index in [0.717, 1.165) is 25.6 Å². The molecule has 2 aromatic carbocycles. The predicted molar refractivity (Wildman–Crippen MR) is 123 cm³/mol. The molecule has 0 radical (unpaired) electrons. The molecule has 1 aromatic heterocycles. The van der Waals surface area contributed by atoms with Crippen LogP contribution in [0.1, 0.15) is 12.0 Å². The van der Waals surface area contributed by atoms with Gasteiger partial charge in [-0.25, -0.2) is 22.2 Å². The van der Waals surface area contributed by atoms with Gasteiger partial charge in [-0.3, -0.25) is 4.72 Å². The molecule has 2 heterocycles. The highest BCUT2D eigenvalue weighted by Crippen LogP contribution is 2.34. The predicted octanol–water partition coefficient (Wildman–Crippen LogP) is 4.07. The van der Waals surface area contributed by atoms with Crippen LogP contribution in [-0.2, 0) is 10.0 Å². The Morgan fingerprint density at radius 2 is 2.00 bits per heavy atom. The van der Waals surface area contributed by atoms with E-state index in [2.05, 4.69) is 25.2 Å². The number of rotatable bonds is 7. The van der Waals surface area contributed by atoms with Crippen LogP contribution in [0, 0.1) is 18.6 Å². The van der Waals surface area contributed by atoms with E-state index < -0.39 is 20.7 Å². The summed E-state index contributed by atoms with van der Waals surface area (Å²) in [6.45, 7) is 3.16. The third kappa shape index (κ3) is 4.69. The number of likely N-dealkylation sites (N-methyl/N-ethyl adjacent to an activating group) is 1. The third-order valence-corrected chi connectivity index (χ3v) is 7.36. The Morgan fingerprint density at radius 3 is 2.69 bits per heavy atom. The maximum atomic E-state index is 14.9. The summed E-state index contributed by atoms with van der Waals surface area (Å²) in [4.78, 5) is 5.47. The second-order valence-electron chi connectivity index (χ2n) is 7.58. The summed E-state index contributed by atoms with van der Waals surface area (Å²) in [6, 6.07) is 7.09. The van der Waals surface area contributed by atoms with Gasteiger partial charge in [0, 0.05) is 30.2 Å². The van der Waals surface area contributed by atoms with Crippen molar-refractivity contribution in [2.24, 2.45) is 0 Å². The maximum absolute atomic E-state index is 14.9. The molecule has 7 nitrogen and oxygen atoms in total. The van der Waals surface area contributed by atoms with E-state index in [-0.39, 0.29) is 11.6 Å². The minimum Gasteiger partial charge on any atom is -0.368 e. The zero-order valence-corrected chi connectivity index (χ0v) is 19.2. The van der Waals surface area contributed by atoms with Gasteiger partial charge in [0.05, 0.1) is 16.9 Å². The molecular weight excluding hydrogens is 456 g/mol. The van der Waals surface area contributed by atoms with E-state index in [0.29, 0.717) is 28.7 Å². The lowest BCUT2D eigenvalue weighted by molar-refractivity contribution is 0.570. The van der Waals surface area contributed by atoms with Crippen LogP contribution in [0.2, 0.25) is 0 Å². The first kappa shape index (κ1) is 22.4. The molecule has 0 spiro atoms. The largest absolute Gasteiger partial charge is 0.368 e. The fraction of sp³-hybridized carbons (Fsp3) is 0.286. The Morgan fingerprint density at radius 1 is 1.19 bits per heavy atom. The Labute approximate surface area is 189 Å². The molecule has 3 aromatic rings. The number of aryl methyl sites for hydroxylation is 1. The molecule has 1 fully saturated rings. The van der Waals surface area contributed by atoms with Gasteiger partial charge in [0.25, 0.3) is 10.0 Å². The second kappa shape index (κ2) is 9.00. The monoisotopic (exact) mass is 479 g/mol. The molecule has 1 aliphatic heterocycles. The molecule has 3 N–H and O–H groups in total. The van der Waals surface area contributed by atoms with E-state index in [4.69, 9.17) is 0 Å². The molecule has 1 atom stereocenters. The zero-order chi connectivity index (χ0) is 22.9. The molecule has 0 bridgehead atoms. The van der Waals surface area contributed by atoms with Crippen LogP contribution in [0.4, 0.5) is 31.7 Å². The quantitative estimate of drug-likeness (QED) is 0.474. The molecule has 1 saturated heterocycles. The lowest BCUT2D eigenvalue weighted by Crippen LogP contribution is -2.29. The molecule has 170 valence electrons. The Hall–Kier alpha value is -2.76. The van der Waals surface area contributed by atoms with Crippen molar-refractivity contribution in [3.8, 4) is 0 Å². The average molecular weight is 480 g/mol. The lowest BCUT2D eigenvalue weighted by Gasteiger charge is -2.23. The number of anilines is 4. The third-order valence-electron chi connectivity index (χ3n) is 5.41. The normalized spacial score (nSPS) is 16.4. The summed E-state index contributed by atoms with van der Waals surface area (Å²) in [5.74, 6) is -1.13. The Balaban J connectivity index is 1.63. The fourth-order valence-electron chi connectivity index (χ4n) is 3.68. The smallest absolute Gasteiger partial charge is 0.266 e. The van der Waals surface area contributed by atoms with Crippen molar-refractivity contribution in [1.82, 2.24) is 10.3 Å². The first-order valence-electron chi connectivity index (χ1n) is 9.97. The number of hydrogen-bond donors (Lipinski definition) is 3. The van der Waals surface area contributed by atoms with Crippen molar-refractivity contribution in [3.05, 3.63) is 58.4 Å². The SMILES string of the molecule is CN[C@@H]1CCN(c2cc(F)ccc2Nc2cc(F)c(S(=O)(=O)Nc3cscn3)cc2C)C1. The number of aromatic nitrogens is 1. The Kier molecular flexibility index (Phi) is 6.31. The summed E-state index contributed by atoms with van der Waals surface area (Å²) in [5.41, 5.74) is 3.68. The number of halogens is 2. The summed E-state index contributed by atoms with van der Waals surface area (Å²) in [5, 5.41) is 7.90. The second-order valence-corrected chi connectivity index (χ2v) is 9.95.